The Morgan fingerprint density at radius 1 is 0.818 bits per heavy atom. The zero-order valence-electron chi connectivity index (χ0n) is 18.4. The van der Waals surface area contributed by atoms with Crippen molar-refractivity contribution in [3.63, 3.8) is 0 Å². The van der Waals surface area contributed by atoms with Gasteiger partial charge in [0.2, 0.25) is 0 Å². The predicted molar refractivity (Wildman–Crippen MR) is 126 cm³/mol. The normalized spacial score (nSPS) is 18.2. The molecule has 6 nitrogen and oxygen atoms in total. The topological polar surface area (TPSA) is 78.9 Å². The molecule has 3 aromatic rings. The number of benzene rings is 3. The molecule has 1 aliphatic rings. The molecule has 0 N–H and O–H groups in total. The van der Waals surface area contributed by atoms with Crippen LogP contribution in [0.5, 0.6) is 0 Å². The van der Waals surface area contributed by atoms with Crippen molar-refractivity contribution in [2.75, 3.05) is 6.61 Å². The van der Waals surface area contributed by atoms with Gasteiger partial charge in [0, 0.05) is 0 Å². The lowest BCUT2D eigenvalue weighted by atomic mass is 10.2. The van der Waals surface area contributed by atoms with E-state index in [0.29, 0.717) is 6.42 Å². The fraction of sp³-hybridized carbons (Fsp3) is 0.280. The van der Waals surface area contributed by atoms with Gasteiger partial charge in [0.25, 0.3) is 10.1 Å². The minimum absolute atomic E-state index is 0.0612. The summed E-state index contributed by atoms with van der Waals surface area (Å²) in [5, 5.41) is 0. The summed E-state index contributed by atoms with van der Waals surface area (Å²) in [6, 6.07) is 25.4. The maximum Gasteiger partial charge on any atom is 0.334 e. The fourth-order valence-electron chi connectivity index (χ4n) is 3.45. The molecule has 0 spiro atoms. The average Bonchev–Trinajstić information content (AvgIpc) is 3.63. The molecule has 2 atom stereocenters. The van der Waals surface area contributed by atoms with Crippen LogP contribution in [0.4, 0.5) is 0 Å². The molecule has 4 rings (SSSR count). The first-order chi connectivity index (χ1) is 15.9. The minimum Gasteiger partial charge on any atom is -0.304 e. The summed E-state index contributed by atoms with van der Waals surface area (Å²) >= 11 is 0. The van der Waals surface area contributed by atoms with Crippen LogP contribution in [0.15, 0.2) is 89.8 Å². The van der Waals surface area contributed by atoms with Crippen molar-refractivity contribution >= 4 is 17.7 Å². The molecule has 0 aliphatic heterocycles. The molecule has 0 aromatic heterocycles. The van der Waals surface area contributed by atoms with Crippen LogP contribution in [-0.4, -0.2) is 20.7 Å². The molecule has 0 bridgehead atoms. The molecule has 0 radical (unpaired) electrons. The molecule has 1 fully saturated rings. The zero-order valence-corrected chi connectivity index (χ0v) is 20.1. The van der Waals surface area contributed by atoms with Crippen LogP contribution in [0.3, 0.4) is 0 Å². The third-order valence-electron chi connectivity index (χ3n) is 5.55. The van der Waals surface area contributed by atoms with Crippen molar-refractivity contribution in [2.45, 2.75) is 37.1 Å². The highest BCUT2D eigenvalue weighted by Crippen LogP contribution is 2.66. The number of hydrogen-bond acceptors (Lipinski definition) is 6. The summed E-state index contributed by atoms with van der Waals surface area (Å²) in [5.41, 5.74) is 2.33. The van der Waals surface area contributed by atoms with Gasteiger partial charge in [0.1, 0.15) is 0 Å². The molecule has 1 aliphatic carbocycles. The van der Waals surface area contributed by atoms with Crippen LogP contribution >= 0.6 is 7.60 Å². The van der Waals surface area contributed by atoms with Crippen molar-refractivity contribution in [1.29, 1.82) is 0 Å². The Bertz CT molecular complexity index is 1150. The Balaban J connectivity index is 1.41. The Labute approximate surface area is 195 Å². The molecule has 0 amide bonds. The highest BCUT2D eigenvalue weighted by atomic mass is 32.2. The van der Waals surface area contributed by atoms with E-state index in [2.05, 4.69) is 0 Å². The van der Waals surface area contributed by atoms with E-state index in [1.54, 1.807) is 12.1 Å². The Kier molecular flexibility index (Phi) is 7.47. The molecular weight excluding hydrogens is 459 g/mol. The maximum absolute atomic E-state index is 13.7. The fourth-order valence-corrected chi connectivity index (χ4v) is 6.66. The summed E-state index contributed by atoms with van der Waals surface area (Å²) < 4.78 is 55.7. The van der Waals surface area contributed by atoms with Gasteiger partial charge in [-0.1, -0.05) is 78.4 Å². The zero-order chi connectivity index (χ0) is 23.3. The van der Waals surface area contributed by atoms with Crippen LogP contribution < -0.4 is 0 Å². The standard InChI is InChI=1S/C25H27O6PS/c1-20-12-14-24(15-13-20)33(27,28)31-19-23-16-25(23)32(26,29-17-21-8-4-2-5-9-21)30-18-22-10-6-3-7-11-22/h2-15,23,25H,16-19H2,1H3/t23-,25+/m0/s1. The van der Waals surface area contributed by atoms with E-state index in [1.165, 1.54) is 12.1 Å². The van der Waals surface area contributed by atoms with E-state index in [4.69, 9.17) is 13.2 Å². The lowest BCUT2D eigenvalue weighted by molar-refractivity contribution is 0.187. The van der Waals surface area contributed by atoms with E-state index in [-0.39, 0.29) is 30.6 Å². The van der Waals surface area contributed by atoms with Crippen molar-refractivity contribution in [3.8, 4) is 0 Å². The van der Waals surface area contributed by atoms with Crippen molar-refractivity contribution in [3.05, 3.63) is 102 Å². The molecule has 0 unspecified atom stereocenters. The van der Waals surface area contributed by atoms with Gasteiger partial charge < -0.3 is 9.05 Å². The predicted octanol–water partition coefficient (Wildman–Crippen LogP) is 5.72. The number of aryl methyl sites for hydroxylation is 1. The smallest absolute Gasteiger partial charge is 0.304 e. The molecular formula is C25H27O6PS. The molecule has 3 aromatic carbocycles. The summed E-state index contributed by atoms with van der Waals surface area (Å²) in [4.78, 5) is 0.106. The first kappa shape index (κ1) is 23.9. The van der Waals surface area contributed by atoms with Crippen LogP contribution in [0.2, 0.25) is 0 Å². The van der Waals surface area contributed by atoms with E-state index in [0.717, 1.165) is 16.7 Å². The van der Waals surface area contributed by atoms with Crippen LogP contribution in [0.25, 0.3) is 0 Å². The summed E-state index contributed by atoms with van der Waals surface area (Å²) in [6.07, 6.45) is 0.518. The van der Waals surface area contributed by atoms with Gasteiger partial charge in [-0.25, -0.2) is 0 Å². The lowest BCUT2D eigenvalue weighted by Crippen LogP contribution is -2.11. The van der Waals surface area contributed by atoms with Gasteiger partial charge >= 0.3 is 7.60 Å². The summed E-state index contributed by atoms with van der Waals surface area (Å²) in [5.74, 6) is -0.220. The second-order valence-corrected chi connectivity index (χ2v) is 12.0. The average molecular weight is 487 g/mol. The molecule has 1 saturated carbocycles. The van der Waals surface area contributed by atoms with E-state index >= 15 is 0 Å². The molecule has 8 heteroatoms. The lowest BCUT2D eigenvalue weighted by Gasteiger charge is -2.19. The second-order valence-electron chi connectivity index (χ2n) is 8.17. The van der Waals surface area contributed by atoms with E-state index in [9.17, 15) is 13.0 Å². The number of hydrogen-bond donors (Lipinski definition) is 0. The van der Waals surface area contributed by atoms with Gasteiger partial charge in [-0.3, -0.25) is 8.75 Å². The van der Waals surface area contributed by atoms with E-state index < -0.39 is 23.4 Å². The monoisotopic (exact) mass is 486 g/mol. The summed E-state index contributed by atoms with van der Waals surface area (Å²) in [6.45, 7) is 2.13. The Hall–Kier alpha value is -2.28. The van der Waals surface area contributed by atoms with Crippen molar-refractivity contribution in [2.24, 2.45) is 5.92 Å². The van der Waals surface area contributed by atoms with Gasteiger partial charge in [-0.05, 0) is 42.5 Å². The molecule has 33 heavy (non-hydrogen) atoms. The maximum atomic E-state index is 13.7. The highest BCUT2D eigenvalue weighted by Gasteiger charge is 2.53. The van der Waals surface area contributed by atoms with Crippen LogP contribution in [-0.2, 0) is 41.1 Å². The number of rotatable bonds is 11. The van der Waals surface area contributed by atoms with Gasteiger partial charge in [0.05, 0.1) is 30.4 Å². The first-order valence-corrected chi connectivity index (χ1v) is 13.8. The molecule has 0 heterocycles. The van der Waals surface area contributed by atoms with Crippen molar-refractivity contribution in [1.82, 2.24) is 0 Å². The third-order valence-corrected chi connectivity index (χ3v) is 9.27. The minimum atomic E-state index is -3.88. The Morgan fingerprint density at radius 3 is 1.85 bits per heavy atom. The second kappa shape index (κ2) is 10.3. The van der Waals surface area contributed by atoms with Crippen LogP contribution in [0, 0.1) is 12.8 Å². The molecule has 0 saturated heterocycles. The largest absolute Gasteiger partial charge is 0.334 e. The third kappa shape index (κ3) is 6.40. The van der Waals surface area contributed by atoms with Crippen molar-refractivity contribution < 1.29 is 26.2 Å². The van der Waals surface area contributed by atoms with E-state index in [1.807, 2.05) is 67.6 Å². The van der Waals surface area contributed by atoms with Crippen LogP contribution in [0.1, 0.15) is 23.1 Å². The Morgan fingerprint density at radius 2 is 1.33 bits per heavy atom. The van der Waals surface area contributed by atoms with Gasteiger partial charge in [0.15, 0.2) is 0 Å². The highest BCUT2D eigenvalue weighted by molar-refractivity contribution is 7.86. The quantitative estimate of drug-likeness (QED) is 0.255. The summed E-state index contributed by atoms with van der Waals surface area (Å²) in [7, 11) is -7.39. The van der Waals surface area contributed by atoms with Gasteiger partial charge in [-0.15, -0.1) is 0 Å². The van der Waals surface area contributed by atoms with Gasteiger partial charge in [-0.2, -0.15) is 8.42 Å². The molecule has 174 valence electrons. The first-order valence-electron chi connectivity index (χ1n) is 10.8. The SMILES string of the molecule is Cc1ccc(S(=O)(=O)OC[C@@H]2C[C@H]2P(=O)(OCc2ccccc2)OCc2ccccc2)cc1.